The molecule has 8 heteroatoms. The summed E-state index contributed by atoms with van der Waals surface area (Å²) < 4.78 is 11.8. The van der Waals surface area contributed by atoms with Crippen LogP contribution in [0.2, 0.25) is 0 Å². The Morgan fingerprint density at radius 1 is 1.16 bits per heavy atom. The number of ether oxygens (including phenoxy) is 2. The van der Waals surface area contributed by atoms with E-state index in [1.165, 1.54) is 12.8 Å². The minimum Gasteiger partial charge on any atom is -0.493 e. The van der Waals surface area contributed by atoms with Crippen molar-refractivity contribution in [2.75, 3.05) is 33.3 Å². The summed E-state index contributed by atoms with van der Waals surface area (Å²) >= 11 is 0. The third kappa shape index (κ3) is 7.73. The molecule has 1 aliphatic carbocycles. The number of aliphatic imine (C=N–C) groups is 1. The van der Waals surface area contributed by atoms with E-state index in [9.17, 15) is 4.79 Å². The highest BCUT2D eigenvalue weighted by Crippen LogP contribution is 2.35. The number of methoxy groups -OCH3 is 1. The number of nitrogens with zero attached hydrogens (tertiary/aromatic N) is 2. The molecule has 1 saturated carbocycles. The lowest BCUT2D eigenvalue weighted by atomic mass is 10.1. The van der Waals surface area contributed by atoms with Gasteiger partial charge < -0.3 is 25.0 Å². The normalized spacial score (nSPS) is 16.7. The summed E-state index contributed by atoms with van der Waals surface area (Å²) in [6.45, 7) is 5.64. The lowest BCUT2D eigenvalue weighted by Gasteiger charge is -2.19. The number of benzene rings is 1. The van der Waals surface area contributed by atoms with E-state index in [0.29, 0.717) is 25.5 Å². The lowest BCUT2D eigenvalue weighted by molar-refractivity contribution is -0.129. The van der Waals surface area contributed by atoms with Crippen LogP contribution in [0.15, 0.2) is 23.2 Å². The van der Waals surface area contributed by atoms with Crippen molar-refractivity contribution < 1.29 is 14.3 Å². The highest BCUT2D eigenvalue weighted by molar-refractivity contribution is 14.0. The molecule has 7 nitrogen and oxygen atoms in total. The summed E-state index contributed by atoms with van der Waals surface area (Å²) in [5.74, 6) is 2.48. The van der Waals surface area contributed by atoms with Crippen LogP contribution in [0.4, 0.5) is 0 Å². The van der Waals surface area contributed by atoms with Gasteiger partial charge in [0.05, 0.1) is 19.8 Å². The van der Waals surface area contributed by atoms with Crippen molar-refractivity contribution in [2.24, 2.45) is 4.99 Å². The SMILES string of the molecule is CCNC(=NCc1cccc(OC)c1OC1CCCC1)NCCC(=O)N1CCCC1.I. The third-order valence-corrected chi connectivity index (χ3v) is 5.71. The Bertz CT molecular complexity index is 717. The summed E-state index contributed by atoms with van der Waals surface area (Å²) in [6, 6.07) is 5.95. The van der Waals surface area contributed by atoms with E-state index in [2.05, 4.69) is 10.6 Å². The molecular weight excluding hydrogens is 507 g/mol. The maximum atomic E-state index is 12.2. The zero-order valence-corrected chi connectivity index (χ0v) is 21.2. The first kappa shape index (κ1) is 25.5. The van der Waals surface area contributed by atoms with E-state index >= 15 is 0 Å². The quantitative estimate of drug-likeness (QED) is 0.282. The Hall–Kier alpha value is -1.71. The lowest BCUT2D eigenvalue weighted by Crippen LogP contribution is -2.39. The summed E-state index contributed by atoms with van der Waals surface area (Å²) in [5, 5.41) is 6.55. The Balaban J connectivity index is 0.00000341. The van der Waals surface area contributed by atoms with Gasteiger partial charge >= 0.3 is 0 Å². The predicted molar refractivity (Wildman–Crippen MR) is 135 cm³/mol. The van der Waals surface area contributed by atoms with Gasteiger partial charge in [-0.25, -0.2) is 4.99 Å². The summed E-state index contributed by atoms with van der Waals surface area (Å²) in [6.07, 6.45) is 7.61. The molecule has 1 amide bonds. The molecule has 3 rings (SSSR count). The van der Waals surface area contributed by atoms with Crippen molar-refractivity contribution in [1.82, 2.24) is 15.5 Å². The first-order valence-electron chi connectivity index (χ1n) is 11.3. The molecule has 2 aliphatic rings. The van der Waals surface area contributed by atoms with Crippen LogP contribution < -0.4 is 20.1 Å². The van der Waals surface area contributed by atoms with Gasteiger partial charge in [-0.2, -0.15) is 0 Å². The number of rotatable bonds is 9. The Kier molecular flexibility index (Phi) is 11.2. The molecule has 0 radical (unpaired) electrons. The van der Waals surface area contributed by atoms with Gasteiger partial charge in [0.2, 0.25) is 5.91 Å². The highest BCUT2D eigenvalue weighted by atomic mass is 127. The molecule has 174 valence electrons. The van der Waals surface area contributed by atoms with Crippen molar-refractivity contribution >= 4 is 35.8 Å². The number of halogens is 1. The van der Waals surface area contributed by atoms with Gasteiger partial charge in [0.25, 0.3) is 0 Å². The fourth-order valence-corrected chi connectivity index (χ4v) is 4.07. The maximum Gasteiger partial charge on any atom is 0.224 e. The van der Waals surface area contributed by atoms with E-state index in [1.807, 2.05) is 30.0 Å². The summed E-state index contributed by atoms with van der Waals surface area (Å²) in [5.41, 5.74) is 1.01. The minimum atomic E-state index is 0. The second-order valence-corrected chi connectivity index (χ2v) is 7.93. The average molecular weight is 544 g/mol. The van der Waals surface area contributed by atoms with E-state index in [4.69, 9.17) is 14.5 Å². The highest BCUT2D eigenvalue weighted by Gasteiger charge is 2.21. The van der Waals surface area contributed by atoms with Crippen LogP contribution in [-0.2, 0) is 11.3 Å². The Morgan fingerprint density at radius 3 is 2.58 bits per heavy atom. The molecule has 0 spiro atoms. The molecule has 0 aromatic heterocycles. The second-order valence-electron chi connectivity index (χ2n) is 7.93. The molecule has 0 atom stereocenters. The smallest absolute Gasteiger partial charge is 0.224 e. The number of likely N-dealkylation sites (tertiary alicyclic amines) is 1. The van der Waals surface area contributed by atoms with E-state index in [-0.39, 0.29) is 36.0 Å². The number of amides is 1. The predicted octanol–water partition coefficient (Wildman–Crippen LogP) is 3.70. The first-order chi connectivity index (χ1) is 14.7. The van der Waals surface area contributed by atoms with Crippen LogP contribution in [-0.4, -0.2) is 56.2 Å². The first-order valence-corrected chi connectivity index (χ1v) is 11.3. The zero-order valence-electron chi connectivity index (χ0n) is 18.8. The maximum absolute atomic E-state index is 12.2. The van der Waals surface area contributed by atoms with Gasteiger partial charge in [-0.05, 0) is 51.5 Å². The monoisotopic (exact) mass is 544 g/mol. The molecule has 2 N–H and O–H groups in total. The third-order valence-electron chi connectivity index (χ3n) is 5.71. The number of para-hydroxylation sites is 1. The summed E-state index contributed by atoms with van der Waals surface area (Å²) in [7, 11) is 1.67. The van der Waals surface area contributed by atoms with Crippen molar-refractivity contribution in [3.8, 4) is 11.5 Å². The van der Waals surface area contributed by atoms with Gasteiger partial charge in [0.1, 0.15) is 0 Å². The van der Waals surface area contributed by atoms with Gasteiger partial charge in [-0.15, -0.1) is 24.0 Å². The van der Waals surface area contributed by atoms with Crippen molar-refractivity contribution in [1.29, 1.82) is 0 Å². The molecule has 1 aromatic rings. The topological polar surface area (TPSA) is 75.2 Å². The molecule has 1 aliphatic heterocycles. The van der Waals surface area contributed by atoms with E-state index < -0.39 is 0 Å². The van der Waals surface area contributed by atoms with Crippen LogP contribution in [0, 0.1) is 0 Å². The number of carbonyl (C=O) groups is 1. The van der Waals surface area contributed by atoms with Crippen molar-refractivity contribution in [2.45, 2.75) is 64.5 Å². The largest absolute Gasteiger partial charge is 0.493 e. The molecule has 2 fully saturated rings. The molecule has 31 heavy (non-hydrogen) atoms. The van der Waals surface area contributed by atoms with Crippen molar-refractivity contribution in [3.05, 3.63) is 23.8 Å². The molecule has 0 unspecified atom stereocenters. The minimum absolute atomic E-state index is 0. The number of hydrogen-bond donors (Lipinski definition) is 2. The number of carbonyl (C=O) groups excluding carboxylic acids is 1. The average Bonchev–Trinajstić information content (AvgIpc) is 3.47. The van der Waals surface area contributed by atoms with Crippen LogP contribution in [0.3, 0.4) is 0 Å². The Morgan fingerprint density at radius 2 is 1.90 bits per heavy atom. The van der Waals surface area contributed by atoms with Crippen LogP contribution in [0.1, 0.15) is 57.4 Å². The standard InChI is InChI=1S/C23H36N4O3.HI/c1-3-24-23(25-14-13-21(28)27-15-6-7-16-27)26-17-18-9-8-12-20(29-2)22(18)30-19-10-4-5-11-19;/h8-9,12,19H,3-7,10-11,13-17H2,1-2H3,(H2,24,25,26);1H. The number of nitrogens with one attached hydrogen (secondary N) is 2. The van der Waals surface area contributed by atoms with Gasteiger partial charge in [-0.1, -0.05) is 12.1 Å². The van der Waals surface area contributed by atoms with Gasteiger partial charge in [-0.3, -0.25) is 4.79 Å². The van der Waals surface area contributed by atoms with E-state index in [1.54, 1.807) is 7.11 Å². The van der Waals surface area contributed by atoms with Crippen molar-refractivity contribution in [3.63, 3.8) is 0 Å². The molecule has 0 bridgehead atoms. The second kappa shape index (κ2) is 13.6. The molecule has 1 saturated heterocycles. The van der Waals surface area contributed by atoms with Crippen LogP contribution in [0.25, 0.3) is 0 Å². The molecular formula is C23H37IN4O3. The Labute approximate surface area is 203 Å². The number of guanidine groups is 1. The summed E-state index contributed by atoms with van der Waals surface area (Å²) in [4.78, 5) is 18.9. The zero-order chi connectivity index (χ0) is 21.2. The molecule has 1 heterocycles. The van der Waals surface area contributed by atoms with Crippen LogP contribution in [0.5, 0.6) is 11.5 Å². The van der Waals surface area contributed by atoms with E-state index in [0.717, 1.165) is 62.4 Å². The van der Waals surface area contributed by atoms with Gasteiger partial charge in [0.15, 0.2) is 17.5 Å². The van der Waals surface area contributed by atoms with Gasteiger partial charge in [0, 0.05) is 38.2 Å². The fraction of sp³-hybridized carbons (Fsp3) is 0.652. The van der Waals surface area contributed by atoms with Crippen LogP contribution >= 0.6 is 24.0 Å². The number of hydrogen-bond acceptors (Lipinski definition) is 4. The fourth-order valence-electron chi connectivity index (χ4n) is 4.07. The molecule has 1 aromatic carbocycles.